The molecule has 2 aromatic rings. The summed E-state index contributed by atoms with van der Waals surface area (Å²) in [5, 5.41) is 0. The SMILES string of the molecule is CC1(C)C(=O)C(C)(C)C2c3ccccc3C1c1ccccc12. The minimum absolute atomic E-state index is 0.158. The van der Waals surface area contributed by atoms with E-state index in [2.05, 4.69) is 76.2 Å². The van der Waals surface area contributed by atoms with Crippen LogP contribution in [0.1, 0.15) is 61.8 Å². The average molecular weight is 290 g/mol. The van der Waals surface area contributed by atoms with Crippen molar-refractivity contribution < 1.29 is 4.79 Å². The molecule has 2 aromatic carbocycles. The third-order valence-corrected chi connectivity index (χ3v) is 5.85. The molecule has 0 amide bonds. The van der Waals surface area contributed by atoms with Gasteiger partial charge in [0.25, 0.3) is 0 Å². The molecule has 0 unspecified atom stereocenters. The van der Waals surface area contributed by atoms with E-state index in [-0.39, 0.29) is 22.7 Å². The second-order valence-corrected chi connectivity index (χ2v) is 7.90. The Morgan fingerprint density at radius 2 is 0.909 bits per heavy atom. The maximum Gasteiger partial charge on any atom is 0.145 e. The summed E-state index contributed by atoms with van der Waals surface area (Å²) in [4.78, 5) is 13.4. The van der Waals surface area contributed by atoms with Gasteiger partial charge in [-0.15, -0.1) is 0 Å². The number of benzene rings is 2. The first-order valence-corrected chi connectivity index (χ1v) is 8.09. The number of carbonyl (C=O) groups excluding carboxylic acids is 1. The van der Waals surface area contributed by atoms with Crippen molar-refractivity contribution in [3.05, 3.63) is 70.8 Å². The van der Waals surface area contributed by atoms with Gasteiger partial charge in [-0.1, -0.05) is 76.2 Å². The summed E-state index contributed by atoms with van der Waals surface area (Å²) in [5.74, 6) is 0.693. The maximum absolute atomic E-state index is 13.4. The van der Waals surface area contributed by atoms with E-state index in [1.807, 2.05) is 0 Å². The fraction of sp³-hybridized carbons (Fsp3) is 0.381. The standard InChI is InChI=1S/C21H22O/c1-20(2)17-13-9-5-7-11-15(13)18(21(3,4)19(20)22)16-12-8-6-10-14(16)17/h5-12,17-18H,1-4H3. The zero-order valence-corrected chi connectivity index (χ0v) is 13.7. The molecule has 22 heavy (non-hydrogen) atoms. The van der Waals surface area contributed by atoms with Crippen LogP contribution in [0, 0.1) is 10.8 Å². The van der Waals surface area contributed by atoms with Crippen LogP contribution in [0.5, 0.6) is 0 Å². The predicted octanol–water partition coefficient (Wildman–Crippen LogP) is 4.90. The summed E-state index contributed by atoms with van der Waals surface area (Å²) in [6, 6.07) is 17.3. The van der Waals surface area contributed by atoms with E-state index in [0.29, 0.717) is 5.78 Å². The monoisotopic (exact) mass is 290 g/mol. The van der Waals surface area contributed by atoms with E-state index >= 15 is 0 Å². The van der Waals surface area contributed by atoms with E-state index in [4.69, 9.17) is 0 Å². The van der Waals surface area contributed by atoms with Crippen molar-refractivity contribution in [1.82, 2.24) is 0 Å². The lowest BCUT2D eigenvalue weighted by Gasteiger charge is -2.36. The third-order valence-electron chi connectivity index (χ3n) is 5.85. The topological polar surface area (TPSA) is 17.1 Å². The van der Waals surface area contributed by atoms with Crippen molar-refractivity contribution >= 4 is 5.78 Å². The summed E-state index contributed by atoms with van der Waals surface area (Å²) < 4.78 is 0. The molecular formula is C21H22O. The van der Waals surface area contributed by atoms with Crippen LogP contribution < -0.4 is 0 Å². The van der Waals surface area contributed by atoms with Crippen molar-refractivity contribution in [1.29, 1.82) is 0 Å². The van der Waals surface area contributed by atoms with Gasteiger partial charge in [-0.25, -0.2) is 0 Å². The van der Waals surface area contributed by atoms with Gasteiger partial charge in [-0.2, -0.15) is 0 Å². The molecule has 0 spiro atoms. The molecule has 0 radical (unpaired) electrons. The van der Waals surface area contributed by atoms with Crippen LogP contribution in [0.15, 0.2) is 48.5 Å². The lowest BCUT2D eigenvalue weighted by Crippen LogP contribution is -2.39. The molecule has 0 heterocycles. The van der Waals surface area contributed by atoms with E-state index in [1.165, 1.54) is 22.3 Å². The number of hydrogen-bond acceptors (Lipinski definition) is 1. The predicted molar refractivity (Wildman–Crippen MR) is 89.1 cm³/mol. The molecule has 0 fully saturated rings. The van der Waals surface area contributed by atoms with E-state index in [9.17, 15) is 4.79 Å². The van der Waals surface area contributed by atoms with Gasteiger partial charge in [0.2, 0.25) is 0 Å². The highest BCUT2D eigenvalue weighted by Crippen LogP contribution is 2.61. The molecule has 3 aliphatic rings. The Balaban J connectivity index is 2.18. The second kappa shape index (κ2) is 4.10. The minimum Gasteiger partial charge on any atom is -0.298 e. The average Bonchev–Trinajstić information content (AvgIpc) is 2.58. The van der Waals surface area contributed by atoms with Gasteiger partial charge >= 0.3 is 0 Å². The Morgan fingerprint density at radius 1 is 0.636 bits per heavy atom. The number of carbonyl (C=O) groups is 1. The number of fused-ring (bicyclic) bond motifs is 2. The molecule has 3 aliphatic carbocycles. The van der Waals surface area contributed by atoms with Crippen LogP contribution in [0.2, 0.25) is 0 Å². The minimum atomic E-state index is -0.388. The molecule has 0 atom stereocenters. The first kappa shape index (κ1) is 13.8. The van der Waals surface area contributed by atoms with Gasteiger partial charge in [-0.3, -0.25) is 4.79 Å². The second-order valence-electron chi connectivity index (χ2n) is 7.90. The number of rotatable bonds is 0. The van der Waals surface area contributed by atoms with E-state index < -0.39 is 0 Å². The van der Waals surface area contributed by atoms with Gasteiger partial charge in [0.15, 0.2) is 0 Å². The highest BCUT2D eigenvalue weighted by atomic mass is 16.1. The molecule has 0 N–H and O–H groups in total. The molecule has 0 aromatic heterocycles. The summed E-state index contributed by atoms with van der Waals surface area (Å²) in [6.07, 6.45) is 0. The Hall–Kier alpha value is -1.89. The van der Waals surface area contributed by atoms with Crippen molar-refractivity contribution in [2.24, 2.45) is 10.8 Å². The van der Waals surface area contributed by atoms with E-state index in [1.54, 1.807) is 0 Å². The number of Topliss-reactive ketones (excluding diaryl/α,β-unsaturated/α-hetero) is 1. The first-order chi connectivity index (χ1) is 10.4. The summed E-state index contributed by atoms with van der Waals surface area (Å²) >= 11 is 0. The quantitative estimate of drug-likeness (QED) is 0.674. The molecule has 112 valence electrons. The number of ketones is 1. The summed E-state index contributed by atoms with van der Waals surface area (Å²) in [5.41, 5.74) is 4.59. The van der Waals surface area contributed by atoms with Crippen LogP contribution in [-0.4, -0.2) is 5.78 Å². The van der Waals surface area contributed by atoms with Gasteiger partial charge in [0.05, 0.1) is 0 Å². The van der Waals surface area contributed by atoms with E-state index in [0.717, 1.165) is 0 Å². The Bertz CT molecular complexity index is 670. The highest BCUT2D eigenvalue weighted by Gasteiger charge is 2.56. The Morgan fingerprint density at radius 3 is 1.18 bits per heavy atom. The molecule has 0 saturated heterocycles. The molecule has 0 saturated carbocycles. The molecule has 1 heteroatoms. The van der Waals surface area contributed by atoms with Crippen LogP contribution in [0.4, 0.5) is 0 Å². The number of hydrogen-bond donors (Lipinski definition) is 0. The zero-order chi connectivity index (χ0) is 15.7. The fourth-order valence-corrected chi connectivity index (χ4v) is 5.06. The Kier molecular flexibility index (Phi) is 2.56. The van der Waals surface area contributed by atoms with Crippen molar-refractivity contribution in [3.63, 3.8) is 0 Å². The van der Waals surface area contributed by atoms with Crippen LogP contribution >= 0.6 is 0 Å². The van der Waals surface area contributed by atoms with Gasteiger partial charge in [0, 0.05) is 22.7 Å². The highest BCUT2D eigenvalue weighted by molar-refractivity contribution is 5.94. The fourth-order valence-electron chi connectivity index (χ4n) is 5.06. The maximum atomic E-state index is 13.4. The zero-order valence-electron chi connectivity index (χ0n) is 13.7. The first-order valence-electron chi connectivity index (χ1n) is 8.09. The lowest BCUT2D eigenvalue weighted by molar-refractivity contribution is -0.136. The smallest absolute Gasteiger partial charge is 0.145 e. The largest absolute Gasteiger partial charge is 0.298 e. The summed E-state index contributed by atoms with van der Waals surface area (Å²) in [6.45, 7) is 8.51. The molecular weight excluding hydrogens is 268 g/mol. The molecule has 2 bridgehead atoms. The van der Waals surface area contributed by atoms with Gasteiger partial charge in [0.1, 0.15) is 5.78 Å². The summed E-state index contributed by atoms with van der Waals surface area (Å²) in [7, 11) is 0. The van der Waals surface area contributed by atoms with Crippen molar-refractivity contribution in [2.45, 2.75) is 39.5 Å². The normalized spacial score (nSPS) is 27.0. The van der Waals surface area contributed by atoms with Crippen LogP contribution in [0.25, 0.3) is 0 Å². The third kappa shape index (κ3) is 1.47. The van der Waals surface area contributed by atoms with Crippen molar-refractivity contribution in [3.8, 4) is 0 Å². The van der Waals surface area contributed by atoms with Gasteiger partial charge in [-0.05, 0) is 22.3 Å². The molecule has 1 nitrogen and oxygen atoms in total. The molecule has 5 rings (SSSR count). The lowest BCUT2D eigenvalue weighted by atomic mass is 9.66. The van der Waals surface area contributed by atoms with Crippen LogP contribution in [0.3, 0.4) is 0 Å². The van der Waals surface area contributed by atoms with Gasteiger partial charge < -0.3 is 0 Å². The Labute approximate surface area is 132 Å². The molecule has 0 aliphatic heterocycles. The van der Waals surface area contributed by atoms with Crippen LogP contribution in [-0.2, 0) is 4.79 Å². The van der Waals surface area contributed by atoms with Crippen molar-refractivity contribution in [2.75, 3.05) is 0 Å².